The van der Waals surface area contributed by atoms with Crippen LogP contribution in [-0.4, -0.2) is 28.5 Å². The van der Waals surface area contributed by atoms with Gasteiger partial charge < -0.3 is 10.4 Å². The number of nitrogens with zero attached hydrogens (tertiary/aromatic N) is 1. The van der Waals surface area contributed by atoms with Crippen LogP contribution in [0.15, 0.2) is 0 Å². The van der Waals surface area contributed by atoms with E-state index in [1.165, 1.54) is 11.3 Å². The average molecular weight is 256 g/mol. The zero-order valence-corrected chi connectivity index (χ0v) is 10.8. The first-order chi connectivity index (χ1) is 8.04. The summed E-state index contributed by atoms with van der Waals surface area (Å²) in [6.45, 7) is 4.18. The molecule has 17 heavy (non-hydrogen) atoms. The number of carbonyl (C=O) groups is 2. The Morgan fingerprint density at radius 2 is 2.18 bits per heavy atom. The third-order valence-electron chi connectivity index (χ3n) is 2.20. The van der Waals surface area contributed by atoms with Crippen molar-refractivity contribution in [3.05, 3.63) is 15.6 Å². The Bertz CT molecular complexity index is 415. The van der Waals surface area contributed by atoms with Gasteiger partial charge in [0.15, 0.2) is 0 Å². The number of rotatable bonds is 6. The van der Waals surface area contributed by atoms with Gasteiger partial charge in [0.25, 0.3) is 5.91 Å². The molecule has 2 N–H and O–H groups in total. The summed E-state index contributed by atoms with van der Waals surface area (Å²) < 4.78 is 0. The van der Waals surface area contributed by atoms with Gasteiger partial charge in [-0.3, -0.25) is 9.59 Å². The van der Waals surface area contributed by atoms with Gasteiger partial charge in [0.05, 0.1) is 10.7 Å². The van der Waals surface area contributed by atoms with Gasteiger partial charge in [0, 0.05) is 13.0 Å². The summed E-state index contributed by atoms with van der Waals surface area (Å²) in [6.07, 6.45) is 1.33. The van der Waals surface area contributed by atoms with E-state index in [4.69, 9.17) is 5.11 Å². The summed E-state index contributed by atoms with van der Waals surface area (Å²) in [4.78, 5) is 26.9. The Morgan fingerprint density at radius 1 is 1.47 bits per heavy atom. The fourth-order valence-corrected chi connectivity index (χ4v) is 2.26. The smallest absolute Gasteiger partial charge is 0.303 e. The number of amides is 1. The van der Waals surface area contributed by atoms with Crippen LogP contribution in [0.1, 0.15) is 40.1 Å². The standard InChI is InChI=1S/C11H16N2O3S/c1-3-8-13-7(2)10(17-8)11(16)12-6-4-5-9(14)15/h3-6H2,1-2H3,(H,12,16)(H,14,15). The first-order valence-electron chi connectivity index (χ1n) is 5.51. The number of thiazole rings is 1. The number of nitrogens with one attached hydrogen (secondary N) is 1. The molecule has 1 amide bonds. The number of hydrogen-bond donors (Lipinski definition) is 2. The summed E-state index contributed by atoms with van der Waals surface area (Å²) in [5.41, 5.74) is 0.739. The van der Waals surface area contributed by atoms with Crippen LogP contribution in [-0.2, 0) is 11.2 Å². The normalized spacial score (nSPS) is 10.2. The maximum Gasteiger partial charge on any atom is 0.303 e. The fraction of sp³-hybridized carbons (Fsp3) is 0.545. The lowest BCUT2D eigenvalue weighted by atomic mass is 10.3. The monoisotopic (exact) mass is 256 g/mol. The van der Waals surface area contributed by atoms with Crippen molar-refractivity contribution in [2.45, 2.75) is 33.1 Å². The van der Waals surface area contributed by atoms with E-state index in [0.29, 0.717) is 17.8 Å². The van der Waals surface area contributed by atoms with E-state index in [-0.39, 0.29) is 12.3 Å². The van der Waals surface area contributed by atoms with Gasteiger partial charge in [-0.2, -0.15) is 0 Å². The van der Waals surface area contributed by atoms with Gasteiger partial charge >= 0.3 is 5.97 Å². The number of hydrogen-bond acceptors (Lipinski definition) is 4. The maximum absolute atomic E-state index is 11.8. The van der Waals surface area contributed by atoms with Crippen LogP contribution in [0.25, 0.3) is 0 Å². The van der Waals surface area contributed by atoms with Crippen molar-refractivity contribution in [3.63, 3.8) is 0 Å². The first-order valence-corrected chi connectivity index (χ1v) is 6.32. The third-order valence-corrected chi connectivity index (χ3v) is 3.50. The number of aryl methyl sites for hydroxylation is 2. The van der Waals surface area contributed by atoms with Crippen LogP contribution in [0.5, 0.6) is 0 Å². The van der Waals surface area contributed by atoms with E-state index in [0.717, 1.165) is 17.1 Å². The Balaban J connectivity index is 2.46. The lowest BCUT2D eigenvalue weighted by Gasteiger charge is -2.02. The molecule has 0 radical (unpaired) electrons. The van der Waals surface area contributed by atoms with Gasteiger partial charge in [-0.15, -0.1) is 11.3 Å². The Kier molecular flexibility index (Phi) is 5.09. The maximum atomic E-state index is 11.8. The summed E-state index contributed by atoms with van der Waals surface area (Å²) in [5, 5.41) is 12.1. The van der Waals surface area contributed by atoms with Crippen molar-refractivity contribution in [1.82, 2.24) is 10.3 Å². The molecular weight excluding hydrogens is 240 g/mol. The number of carboxylic acids is 1. The molecule has 1 aromatic rings. The molecule has 0 aromatic carbocycles. The highest BCUT2D eigenvalue weighted by Gasteiger charge is 2.13. The second-order valence-electron chi connectivity index (χ2n) is 3.63. The minimum Gasteiger partial charge on any atom is -0.481 e. The minimum atomic E-state index is -0.846. The van der Waals surface area contributed by atoms with Crippen LogP contribution in [0.4, 0.5) is 0 Å². The van der Waals surface area contributed by atoms with Crippen molar-refractivity contribution in [2.24, 2.45) is 0 Å². The molecule has 0 aliphatic rings. The summed E-state index contributed by atoms with van der Waals surface area (Å²) in [6, 6.07) is 0. The minimum absolute atomic E-state index is 0.0716. The second kappa shape index (κ2) is 6.34. The lowest BCUT2D eigenvalue weighted by Crippen LogP contribution is -2.24. The molecule has 0 aliphatic carbocycles. The van der Waals surface area contributed by atoms with Crippen molar-refractivity contribution in [1.29, 1.82) is 0 Å². The lowest BCUT2D eigenvalue weighted by molar-refractivity contribution is -0.137. The second-order valence-corrected chi connectivity index (χ2v) is 4.71. The number of carbonyl (C=O) groups excluding carboxylic acids is 1. The molecule has 0 saturated heterocycles. The van der Waals surface area contributed by atoms with Crippen LogP contribution in [0.2, 0.25) is 0 Å². The molecule has 0 aliphatic heterocycles. The van der Waals surface area contributed by atoms with Gasteiger partial charge in [-0.1, -0.05) is 6.92 Å². The number of carboxylic acid groups (broad SMARTS) is 1. The average Bonchev–Trinajstić information content (AvgIpc) is 2.65. The molecule has 0 bridgehead atoms. The first kappa shape index (κ1) is 13.6. The number of aliphatic carboxylic acids is 1. The SMILES string of the molecule is CCc1nc(C)c(C(=O)NCCCC(=O)O)s1. The summed E-state index contributed by atoms with van der Waals surface area (Å²) in [7, 11) is 0. The molecule has 5 nitrogen and oxygen atoms in total. The molecule has 0 atom stereocenters. The summed E-state index contributed by atoms with van der Waals surface area (Å²) in [5.74, 6) is -1.01. The van der Waals surface area contributed by atoms with E-state index in [1.807, 2.05) is 13.8 Å². The zero-order valence-electron chi connectivity index (χ0n) is 9.95. The van der Waals surface area contributed by atoms with Crippen LogP contribution in [0, 0.1) is 6.92 Å². The molecule has 0 saturated carbocycles. The van der Waals surface area contributed by atoms with Crippen LogP contribution >= 0.6 is 11.3 Å². The Hall–Kier alpha value is -1.43. The highest BCUT2D eigenvalue weighted by molar-refractivity contribution is 7.13. The number of aromatic nitrogens is 1. The highest BCUT2D eigenvalue weighted by atomic mass is 32.1. The topological polar surface area (TPSA) is 79.3 Å². The molecule has 94 valence electrons. The van der Waals surface area contributed by atoms with Crippen molar-refractivity contribution in [2.75, 3.05) is 6.54 Å². The molecule has 0 fully saturated rings. The molecule has 6 heteroatoms. The van der Waals surface area contributed by atoms with E-state index < -0.39 is 5.97 Å². The van der Waals surface area contributed by atoms with Crippen molar-refractivity contribution < 1.29 is 14.7 Å². The third kappa shape index (κ3) is 4.14. The molecule has 1 rings (SSSR count). The predicted molar refractivity (Wildman–Crippen MR) is 65.4 cm³/mol. The van der Waals surface area contributed by atoms with E-state index in [2.05, 4.69) is 10.3 Å². The van der Waals surface area contributed by atoms with Crippen LogP contribution in [0.3, 0.4) is 0 Å². The van der Waals surface area contributed by atoms with Gasteiger partial charge in [-0.25, -0.2) is 4.98 Å². The molecule has 1 aromatic heterocycles. The summed E-state index contributed by atoms with van der Waals surface area (Å²) >= 11 is 1.39. The largest absolute Gasteiger partial charge is 0.481 e. The van der Waals surface area contributed by atoms with Crippen molar-refractivity contribution in [3.8, 4) is 0 Å². The molecule has 0 spiro atoms. The van der Waals surface area contributed by atoms with Crippen molar-refractivity contribution >= 4 is 23.2 Å². The Morgan fingerprint density at radius 3 is 2.71 bits per heavy atom. The van der Waals surface area contributed by atoms with Gasteiger partial charge in [0.2, 0.25) is 0 Å². The van der Waals surface area contributed by atoms with Gasteiger partial charge in [-0.05, 0) is 19.8 Å². The molecular formula is C11H16N2O3S. The zero-order chi connectivity index (χ0) is 12.8. The van der Waals surface area contributed by atoms with E-state index in [1.54, 1.807) is 0 Å². The predicted octanol–water partition coefficient (Wildman–Crippen LogP) is 1.61. The molecule has 0 unspecified atom stereocenters. The molecule has 1 heterocycles. The van der Waals surface area contributed by atoms with Crippen LogP contribution < -0.4 is 5.32 Å². The fourth-order valence-electron chi connectivity index (χ4n) is 1.34. The Labute approximate surface area is 104 Å². The quantitative estimate of drug-likeness (QED) is 0.758. The highest BCUT2D eigenvalue weighted by Crippen LogP contribution is 2.18. The van der Waals surface area contributed by atoms with E-state index >= 15 is 0 Å². The van der Waals surface area contributed by atoms with Gasteiger partial charge in [0.1, 0.15) is 4.88 Å². The van der Waals surface area contributed by atoms with E-state index in [9.17, 15) is 9.59 Å².